The van der Waals surface area contributed by atoms with Gasteiger partial charge < -0.3 is 15.1 Å². The fourth-order valence-corrected chi connectivity index (χ4v) is 1.89. The van der Waals surface area contributed by atoms with Crippen LogP contribution in [0.4, 0.5) is 5.69 Å². The summed E-state index contributed by atoms with van der Waals surface area (Å²) < 4.78 is 1.86. The van der Waals surface area contributed by atoms with Crippen molar-refractivity contribution in [3.05, 3.63) is 59.0 Å². The first-order chi connectivity index (χ1) is 8.24. The SMILES string of the molecule is Nc1ccccc1-c1cn2ccc(=O)cc2[nH]1. The summed E-state index contributed by atoms with van der Waals surface area (Å²) in [5.74, 6) is 0. The predicted octanol–water partition coefficient (Wildman–Crippen LogP) is 1.88. The minimum Gasteiger partial charge on any atom is -0.398 e. The summed E-state index contributed by atoms with van der Waals surface area (Å²) in [4.78, 5) is 14.4. The van der Waals surface area contributed by atoms with Crippen LogP contribution in [-0.2, 0) is 0 Å². The lowest BCUT2D eigenvalue weighted by Crippen LogP contribution is -1.97. The van der Waals surface area contributed by atoms with E-state index >= 15 is 0 Å². The highest BCUT2D eigenvalue weighted by molar-refractivity contribution is 5.74. The highest BCUT2D eigenvalue weighted by atomic mass is 16.1. The van der Waals surface area contributed by atoms with Crippen molar-refractivity contribution in [3.63, 3.8) is 0 Å². The third-order valence-electron chi connectivity index (χ3n) is 2.74. The Bertz CT molecular complexity index is 740. The van der Waals surface area contributed by atoms with Crippen LogP contribution in [0.3, 0.4) is 0 Å². The Morgan fingerprint density at radius 1 is 1.18 bits per heavy atom. The molecule has 0 radical (unpaired) electrons. The number of H-pyrrole nitrogens is 1. The molecule has 3 aromatic rings. The van der Waals surface area contributed by atoms with Gasteiger partial charge in [-0.15, -0.1) is 0 Å². The highest BCUT2D eigenvalue weighted by Crippen LogP contribution is 2.24. The summed E-state index contributed by atoms with van der Waals surface area (Å²) >= 11 is 0. The van der Waals surface area contributed by atoms with E-state index in [4.69, 9.17) is 5.73 Å². The molecule has 2 aromatic heterocycles. The van der Waals surface area contributed by atoms with Gasteiger partial charge in [-0.05, 0) is 6.07 Å². The molecule has 4 nitrogen and oxygen atoms in total. The number of hydrogen-bond donors (Lipinski definition) is 2. The molecule has 1 aromatic carbocycles. The number of pyridine rings is 1. The number of aromatic amines is 1. The van der Waals surface area contributed by atoms with E-state index in [1.54, 1.807) is 12.3 Å². The number of imidazole rings is 1. The second-order valence-electron chi connectivity index (χ2n) is 3.91. The number of nitrogen functional groups attached to an aromatic ring is 1. The zero-order valence-electron chi connectivity index (χ0n) is 9.05. The average Bonchev–Trinajstić information content (AvgIpc) is 2.72. The fourth-order valence-electron chi connectivity index (χ4n) is 1.89. The molecule has 0 spiro atoms. The number of para-hydroxylation sites is 1. The molecule has 0 bridgehead atoms. The van der Waals surface area contributed by atoms with Gasteiger partial charge >= 0.3 is 0 Å². The maximum atomic E-state index is 11.2. The summed E-state index contributed by atoms with van der Waals surface area (Å²) in [5.41, 5.74) is 9.20. The number of fused-ring (bicyclic) bond motifs is 1. The second kappa shape index (κ2) is 3.52. The van der Waals surface area contributed by atoms with Gasteiger partial charge in [-0.1, -0.05) is 18.2 Å². The molecule has 0 amide bonds. The van der Waals surface area contributed by atoms with Gasteiger partial charge in [0.15, 0.2) is 5.43 Å². The third-order valence-corrected chi connectivity index (χ3v) is 2.74. The normalized spacial score (nSPS) is 10.8. The first-order valence-electron chi connectivity index (χ1n) is 5.30. The van der Waals surface area contributed by atoms with E-state index < -0.39 is 0 Å². The van der Waals surface area contributed by atoms with E-state index in [1.165, 1.54) is 6.07 Å². The molecular formula is C13H11N3O. The van der Waals surface area contributed by atoms with E-state index in [9.17, 15) is 4.79 Å². The monoisotopic (exact) mass is 225 g/mol. The summed E-state index contributed by atoms with van der Waals surface area (Å²) in [6.45, 7) is 0. The summed E-state index contributed by atoms with van der Waals surface area (Å²) in [6.07, 6.45) is 3.65. The van der Waals surface area contributed by atoms with Crippen molar-refractivity contribution in [1.29, 1.82) is 0 Å². The van der Waals surface area contributed by atoms with Crippen molar-refractivity contribution in [2.45, 2.75) is 0 Å². The summed E-state index contributed by atoms with van der Waals surface area (Å²) in [6, 6.07) is 10.7. The Morgan fingerprint density at radius 3 is 2.82 bits per heavy atom. The number of rotatable bonds is 1. The molecule has 0 saturated carbocycles. The smallest absolute Gasteiger partial charge is 0.183 e. The highest BCUT2D eigenvalue weighted by Gasteiger charge is 2.05. The molecule has 0 unspecified atom stereocenters. The van der Waals surface area contributed by atoms with E-state index in [0.717, 1.165) is 16.9 Å². The maximum absolute atomic E-state index is 11.2. The summed E-state index contributed by atoms with van der Waals surface area (Å²) in [5, 5.41) is 0. The van der Waals surface area contributed by atoms with Gasteiger partial charge in [-0.2, -0.15) is 0 Å². The van der Waals surface area contributed by atoms with Crippen LogP contribution in [0.2, 0.25) is 0 Å². The van der Waals surface area contributed by atoms with Crippen molar-refractivity contribution in [1.82, 2.24) is 9.38 Å². The number of aromatic nitrogens is 2. The van der Waals surface area contributed by atoms with Crippen LogP contribution in [-0.4, -0.2) is 9.38 Å². The molecule has 17 heavy (non-hydrogen) atoms. The topological polar surface area (TPSA) is 63.3 Å². The zero-order chi connectivity index (χ0) is 11.8. The minimum absolute atomic E-state index is 0.0144. The standard InChI is InChI=1S/C13H11N3O/c14-11-4-2-1-3-10(11)12-8-16-6-5-9(17)7-13(16)15-12/h1-8,15H,14H2. The number of hydrogen-bond acceptors (Lipinski definition) is 2. The average molecular weight is 225 g/mol. The first kappa shape index (κ1) is 9.72. The van der Waals surface area contributed by atoms with E-state index in [0.29, 0.717) is 5.69 Å². The third kappa shape index (κ3) is 1.59. The molecule has 0 aliphatic carbocycles. The van der Waals surface area contributed by atoms with Gasteiger partial charge in [0.05, 0.1) is 5.69 Å². The molecule has 3 rings (SSSR count). The number of nitrogens with one attached hydrogen (secondary N) is 1. The fraction of sp³-hybridized carbons (Fsp3) is 0. The Labute approximate surface area is 97.3 Å². The van der Waals surface area contributed by atoms with Crippen LogP contribution in [0.1, 0.15) is 0 Å². The van der Waals surface area contributed by atoms with Crippen molar-refractivity contribution < 1.29 is 0 Å². The van der Waals surface area contributed by atoms with Gasteiger partial charge in [0.25, 0.3) is 0 Å². The zero-order valence-corrected chi connectivity index (χ0v) is 9.05. The lowest BCUT2D eigenvalue weighted by molar-refractivity contribution is 1.18. The Hall–Kier alpha value is -2.49. The van der Waals surface area contributed by atoms with Crippen LogP contribution in [0.5, 0.6) is 0 Å². The van der Waals surface area contributed by atoms with Crippen LogP contribution >= 0.6 is 0 Å². The predicted molar refractivity (Wildman–Crippen MR) is 67.9 cm³/mol. The Morgan fingerprint density at radius 2 is 2.00 bits per heavy atom. The molecule has 4 heteroatoms. The maximum Gasteiger partial charge on any atom is 0.183 e. The Balaban J connectivity index is 2.25. The van der Waals surface area contributed by atoms with Gasteiger partial charge in [0.2, 0.25) is 0 Å². The Kier molecular flexibility index (Phi) is 2.01. The van der Waals surface area contributed by atoms with E-state index in [1.807, 2.05) is 34.9 Å². The molecule has 0 atom stereocenters. The molecule has 0 aliphatic rings. The van der Waals surface area contributed by atoms with Crippen molar-refractivity contribution in [2.24, 2.45) is 0 Å². The van der Waals surface area contributed by atoms with Crippen molar-refractivity contribution >= 4 is 11.3 Å². The van der Waals surface area contributed by atoms with Gasteiger partial charge in [-0.25, -0.2) is 0 Å². The van der Waals surface area contributed by atoms with Gasteiger partial charge in [-0.3, -0.25) is 4.79 Å². The van der Waals surface area contributed by atoms with Gasteiger partial charge in [0, 0.05) is 35.8 Å². The minimum atomic E-state index is -0.0144. The number of nitrogens with zero attached hydrogens (tertiary/aromatic N) is 1. The molecule has 0 fully saturated rings. The van der Waals surface area contributed by atoms with E-state index in [-0.39, 0.29) is 5.43 Å². The largest absolute Gasteiger partial charge is 0.398 e. The van der Waals surface area contributed by atoms with Crippen LogP contribution in [0, 0.1) is 0 Å². The molecule has 2 heterocycles. The second-order valence-corrected chi connectivity index (χ2v) is 3.91. The first-order valence-corrected chi connectivity index (χ1v) is 5.30. The van der Waals surface area contributed by atoms with Crippen LogP contribution in [0.15, 0.2) is 53.6 Å². The van der Waals surface area contributed by atoms with Crippen molar-refractivity contribution in [3.8, 4) is 11.3 Å². The lowest BCUT2D eigenvalue weighted by atomic mass is 10.1. The summed E-state index contributed by atoms with van der Waals surface area (Å²) in [7, 11) is 0. The van der Waals surface area contributed by atoms with Crippen LogP contribution < -0.4 is 11.2 Å². The molecule has 0 saturated heterocycles. The van der Waals surface area contributed by atoms with E-state index in [2.05, 4.69) is 4.98 Å². The lowest BCUT2D eigenvalue weighted by Gasteiger charge is -2.00. The van der Waals surface area contributed by atoms with Crippen LogP contribution in [0.25, 0.3) is 16.9 Å². The molecular weight excluding hydrogens is 214 g/mol. The molecule has 0 aliphatic heterocycles. The quantitative estimate of drug-likeness (QED) is 0.621. The number of anilines is 1. The number of benzene rings is 1. The molecule has 3 N–H and O–H groups in total. The van der Waals surface area contributed by atoms with Crippen molar-refractivity contribution in [2.75, 3.05) is 5.73 Å². The molecule has 84 valence electrons. The number of nitrogens with two attached hydrogens (primary N) is 1. The van der Waals surface area contributed by atoms with Gasteiger partial charge in [0.1, 0.15) is 5.65 Å².